The first-order valence-electron chi connectivity index (χ1n) is 6.14. The van der Waals surface area contributed by atoms with Crippen LogP contribution in [0.15, 0.2) is 36.5 Å². The van der Waals surface area contributed by atoms with Crippen LogP contribution in [0.1, 0.15) is 28.5 Å². The molecule has 1 heterocycles. The third kappa shape index (κ3) is 1.69. The summed E-state index contributed by atoms with van der Waals surface area (Å²) in [6.45, 7) is 0. The number of methoxy groups -OCH3 is 1. The fourth-order valence-corrected chi connectivity index (χ4v) is 3.00. The van der Waals surface area contributed by atoms with Gasteiger partial charge < -0.3 is 14.7 Å². The largest absolute Gasteiger partial charge is 0.805 e. The summed E-state index contributed by atoms with van der Waals surface area (Å²) >= 11 is 5.18. The molecule has 0 N–H and O–H groups in total. The van der Waals surface area contributed by atoms with E-state index in [1.807, 2.05) is 24.3 Å². The second-order valence-electron chi connectivity index (χ2n) is 4.67. The number of pyridine rings is 1. The number of benzene rings is 1. The first-order valence-corrected chi connectivity index (χ1v) is 6.54. The van der Waals surface area contributed by atoms with E-state index in [2.05, 4.69) is 6.07 Å². The van der Waals surface area contributed by atoms with Crippen molar-refractivity contribution >= 4 is 12.2 Å². The maximum atomic E-state index is 11.6. The highest BCUT2D eigenvalue weighted by atomic mass is 32.1. The zero-order valence-electron chi connectivity index (χ0n) is 10.7. The van der Waals surface area contributed by atoms with Crippen LogP contribution in [-0.4, -0.2) is 11.8 Å². The van der Waals surface area contributed by atoms with Crippen LogP contribution in [0.2, 0.25) is 0 Å². The molecule has 0 saturated carbocycles. The molecule has 0 bridgehead atoms. The molecule has 0 saturated heterocycles. The molecule has 0 fully saturated rings. The highest BCUT2D eigenvalue weighted by Crippen LogP contribution is 2.50. The lowest BCUT2D eigenvalue weighted by atomic mass is 9.66. The number of fused-ring (bicyclic) bond motifs is 1. The molecule has 1 aliphatic carbocycles. The number of hydrogen-bond donors (Lipinski definition) is 0. The Morgan fingerprint density at radius 2 is 2.00 bits per heavy atom. The zero-order valence-corrected chi connectivity index (χ0v) is 11.6. The van der Waals surface area contributed by atoms with Crippen molar-refractivity contribution in [1.82, 2.24) is 4.73 Å². The molecule has 0 amide bonds. The standard InChI is InChI=1S/C15H11N2O2S/c1-19-10-4-2-9(3-5-10)13-12(8-16)11-6-7-17(18)15(20)14(11)13/h2-7,12-13H,1H3/q-1. The number of hydrogen-bond acceptors (Lipinski definition) is 4. The molecular weight excluding hydrogens is 272 g/mol. The van der Waals surface area contributed by atoms with Crippen LogP contribution >= 0.6 is 12.2 Å². The van der Waals surface area contributed by atoms with Gasteiger partial charge in [-0.15, -0.1) is 0 Å². The van der Waals surface area contributed by atoms with Crippen molar-refractivity contribution in [3.05, 3.63) is 63.1 Å². The Bertz CT molecular complexity index is 759. The molecule has 1 aliphatic rings. The summed E-state index contributed by atoms with van der Waals surface area (Å²) in [4.78, 5) is 0. The van der Waals surface area contributed by atoms with Crippen LogP contribution in [0, 0.1) is 21.2 Å². The van der Waals surface area contributed by atoms with E-state index in [9.17, 15) is 10.5 Å². The van der Waals surface area contributed by atoms with E-state index in [4.69, 9.17) is 17.0 Å². The van der Waals surface area contributed by atoms with Crippen LogP contribution in [0.4, 0.5) is 0 Å². The maximum absolute atomic E-state index is 11.6. The minimum atomic E-state index is -0.249. The summed E-state index contributed by atoms with van der Waals surface area (Å²) in [5, 5.41) is 20.9. The Balaban J connectivity index is 2.11. The van der Waals surface area contributed by atoms with Crippen molar-refractivity contribution in [3.8, 4) is 11.8 Å². The fourth-order valence-electron chi connectivity index (χ4n) is 2.70. The quantitative estimate of drug-likeness (QED) is 0.793. The highest BCUT2D eigenvalue weighted by molar-refractivity contribution is 7.71. The van der Waals surface area contributed by atoms with Crippen molar-refractivity contribution in [1.29, 1.82) is 5.26 Å². The maximum Gasteiger partial charge on any atom is 0.118 e. The highest BCUT2D eigenvalue weighted by Gasteiger charge is 2.40. The van der Waals surface area contributed by atoms with Crippen molar-refractivity contribution in [2.75, 3.05) is 7.11 Å². The van der Waals surface area contributed by atoms with Gasteiger partial charge in [-0.05, 0) is 35.5 Å². The van der Waals surface area contributed by atoms with Gasteiger partial charge in [-0.1, -0.05) is 24.4 Å². The lowest BCUT2D eigenvalue weighted by Crippen LogP contribution is -2.26. The van der Waals surface area contributed by atoms with Crippen molar-refractivity contribution in [3.63, 3.8) is 0 Å². The van der Waals surface area contributed by atoms with Crippen LogP contribution in [-0.2, 0) is 0 Å². The van der Waals surface area contributed by atoms with Gasteiger partial charge in [0, 0.05) is 11.5 Å². The predicted octanol–water partition coefficient (Wildman–Crippen LogP) is 3.32. The van der Waals surface area contributed by atoms with Gasteiger partial charge in [-0.2, -0.15) is 5.26 Å². The molecule has 1 aromatic heterocycles. The van der Waals surface area contributed by atoms with E-state index in [0.29, 0.717) is 4.73 Å². The van der Waals surface area contributed by atoms with Crippen LogP contribution in [0.25, 0.3) is 0 Å². The lowest BCUT2D eigenvalue weighted by molar-refractivity contribution is 0.414. The third-order valence-corrected chi connectivity index (χ3v) is 4.12. The minimum Gasteiger partial charge on any atom is -0.805 e. The third-order valence-electron chi connectivity index (χ3n) is 3.72. The summed E-state index contributed by atoms with van der Waals surface area (Å²) in [7, 11) is 1.60. The monoisotopic (exact) mass is 283 g/mol. The van der Waals surface area contributed by atoms with Gasteiger partial charge in [-0.25, -0.2) is 0 Å². The molecule has 2 atom stereocenters. The molecule has 0 spiro atoms. The summed E-state index contributed by atoms with van der Waals surface area (Å²) in [5.74, 6) is 0.378. The Hall–Kier alpha value is -2.32. The second kappa shape index (κ2) is 4.66. The predicted molar refractivity (Wildman–Crippen MR) is 77.2 cm³/mol. The number of ether oxygens (including phenoxy) is 1. The first-order chi connectivity index (χ1) is 9.67. The number of aromatic nitrogens is 1. The van der Waals surface area contributed by atoms with Gasteiger partial charge in [0.25, 0.3) is 0 Å². The van der Waals surface area contributed by atoms with Crippen molar-refractivity contribution in [2.45, 2.75) is 11.8 Å². The van der Waals surface area contributed by atoms with E-state index in [-0.39, 0.29) is 16.5 Å². The Morgan fingerprint density at radius 3 is 2.60 bits per heavy atom. The molecule has 2 aromatic rings. The van der Waals surface area contributed by atoms with E-state index in [0.717, 1.165) is 22.4 Å². The normalized spacial score (nSPS) is 19.6. The van der Waals surface area contributed by atoms with Gasteiger partial charge in [0.15, 0.2) is 0 Å². The van der Waals surface area contributed by atoms with E-state index in [1.165, 1.54) is 6.20 Å². The van der Waals surface area contributed by atoms with Gasteiger partial charge in [0.05, 0.1) is 19.1 Å². The molecule has 3 rings (SSSR count). The Labute approximate surface area is 121 Å². The Kier molecular flexibility index (Phi) is 2.96. The van der Waals surface area contributed by atoms with E-state index < -0.39 is 0 Å². The van der Waals surface area contributed by atoms with Gasteiger partial charge in [0.1, 0.15) is 10.4 Å². The fraction of sp³-hybridized carbons (Fsp3) is 0.200. The first kappa shape index (κ1) is 12.7. The summed E-state index contributed by atoms with van der Waals surface area (Å²) in [5.41, 5.74) is 2.64. The van der Waals surface area contributed by atoms with Crippen molar-refractivity contribution in [2.24, 2.45) is 0 Å². The van der Waals surface area contributed by atoms with Gasteiger partial charge >= 0.3 is 0 Å². The minimum absolute atomic E-state index is 0.130. The Morgan fingerprint density at radius 1 is 1.30 bits per heavy atom. The zero-order chi connectivity index (χ0) is 14.3. The van der Waals surface area contributed by atoms with Gasteiger partial charge in [0.2, 0.25) is 0 Å². The number of nitrogens with zero attached hydrogens (tertiary/aromatic N) is 2. The molecule has 0 aliphatic heterocycles. The van der Waals surface area contributed by atoms with Crippen molar-refractivity contribution < 1.29 is 4.74 Å². The second-order valence-corrected chi connectivity index (χ2v) is 5.06. The molecule has 20 heavy (non-hydrogen) atoms. The van der Waals surface area contributed by atoms with Gasteiger partial charge in [-0.3, -0.25) is 0 Å². The lowest BCUT2D eigenvalue weighted by Gasteiger charge is -2.37. The topological polar surface area (TPSA) is 61.0 Å². The molecule has 4 nitrogen and oxygen atoms in total. The van der Waals surface area contributed by atoms with E-state index in [1.54, 1.807) is 13.2 Å². The summed E-state index contributed by atoms with van der Waals surface area (Å²) in [6.07, 6.45) is 1.37. The average molecular weight is 283 g/mol. The molecule has 5 heteroatoms. The SMILES string of the molecule is COc1ccc(C2c3c(ccn([O-])c3=S)C2C#N)cc1. The van der Waals surface area contributed by atoms with Crippen LogP contribution < -0.4 is 4.74 Å². The molecule has 1 aromatic carbocycles. The van der Waals surface area contributed by atoms with Crippen LogP contribution in [0.3, 0.4) is 0 Å². The molecule has 2 unspecified atom stereocenters. The number of nitriles is 1. The smallest absolute Gasteiger partial charge is 0.118 e. The van der Waals surface area contributed by atoms with E-state index >= 15 is 0 Å². The average Bonchev–Trinajstić information content (AvgIpc) is 2.45. The molecule has 0 radical (unpaired) electrons. The molecular formula is C15H11N2O2S-. The molecule has 100 valence electrons. The number of rotatable bonds is 2. The summed E-state index contributed by atoms with van der Waals surface area (Å²) in [6, 6.07) is 11.5. The van der Waals surface area contributed by atoms with Crippen LogP contribution in [0.5, 0.6) is 5.75 Å². The summed E-state index contributed by atoms with van der Waals surface area (Å²) < 4.78 is 6.06.